The molecule has 0 saturated heterocycles. The summed E-state index contributed by atoms with van der Waals surface area (Å²) in [5, 5.41) is 2.93. The molecule has 1 amide bonds. The first kappa shape index (κ1) is 22.2. The Morgan fingerprint density at radius 2 is 1.83 bits per heavy atom. The molecule has 1 aliphatic rings. The molecule has 1 aliphatic carbocycles. The number of rotatable bonds is 9. The summed E-state index contributed by atoms with van der Waals surface area (Å²) in [6.07, 6.45) is 5.35. The normalized spacial score (nSPS) is 14.1. The van der Waals surface area contributed by atoms with Crippen molar-refractivity contribution in [1.29, 1.82) is 0 Å². The van der Waals surface area contributed by atoms with E-state index in [9.17, 15) is 13.2 Å². The van der Waals surface area contributed by atoms with Crippen molar-refractivity contribution < 1.29 is 17.9 Å². The van der Waals surface area contributed by atoms with Gasteiger partial charge in [-0.05, 0) is 73.6 Å². The Morgan fingerprint density at radius 1 is 1.13 bits per heavy atom. The summed E-state index contributed by atoms with van der Waals surface area (Å²) in [4.78, 5) is 12.7. The SMILES string of the molecule is CCCOc1ccc(N(CC(=O)N[C@H](C)c2ccc3c(c2)CCC3)S(C)(=O)=O)cc1. The van der Waals surface area contributed by atoms with Crippen LogP contribution in [0.5, 0.6) is 5.75 Å². The van der Waals surface area contributed by atoms with E-state index in [0.717, 1.165) is 35.4 Å². The van der Waals surface area contributed by atoms with Crippen molar-refractivity contribution in [3.63, 3.8) is 0 Å². The Bertz CT molecular complexity index is 987. The molecule has 0 fully saturated rings. The van der Waals surface area contributed by atoms with Crippen molar-refractivity contribution in [2.75, 3.05) is 23.7 Å². The fraction of sp³-hybridized carbons (Fsp3) is 0.435. The van der Waals surface area contributed by atoms with Crippen molar-refractivity contribution in [1.82, 2.24) is 5.32 Å². The summed E-state index contributed by atoms with van der Waals surface area (Å²) in [6.45, 7) is 4.25. The Hall–Kier alpha value is -2.54. The largest absolute Gasteiger partial charge is 0.494 e. The molecule has 0 radical (unpaired) electrons. The molecule has 0 unspecified atom stereocenters. The van der Waals surface area contributed by atoms with Gasteiger partial charge in [0.05, 0.1) is 24.6 Å². The number of carbonyl (C=O) groups is 1. The lowest BCUT2D eigenvalue weighted by atomic mass is 10.0. The lowest BCUT2D eigenvalue weighted by Gasteiger charge is -2.23. The van der Waals surface area contributed by atoms with Crippen molar-refractivity contribution in [2.45, 2.75) is 45.6 Å². The van der Waals surface area contributed by atoms with Crippen LogP contribution in [0.15, 0.2) is 42.5 Å². The van der Waals surface area contributed by atoms with Gasteiger partial charge < -0.3 is 10.1 Å². The molecule has 162 valence electrons. The first-order valence-electron chi connectivity index (χ1n) is 10.4. The van der Waals surface area contributed by atoms with E-state index in [1.165, 1.54) is 17.5 Å². The maximum atomic E-state index is 12.7. The van der Waals surface area contributed by atoms with Gasteiger partial charge in [-0.25, -0.2) is 8.42 Å². The number of benzene rings is 2. The van der Waals surface area contributed by atoms with E-state index >= 15 is 0 Å². The highest BCUT2D eigenvalue weighted by molar-refractivity contribution is 7.92. The number of sulfonamides is 1. The van der Waals surface area contributed by atoms with E-state index in [-0.39, 0.29) is 18.5 Å². The third kappa shape index (κ3) is 5.53. The number of carbonyl (C=O) groups excluding carboxylic acids is 1. The van der Waals surface area contributed by atoms with Crippen LogP contribution < -0.4 is 14.4 Å². The number of fused-ring (bicyclic) bond motifs is 1. The molecule has 1 N–H and O–H groups in total. The van der Waals surface area contributed by atoms with Crippen LogP contribution in [0, 0.1) is 0 Å². The Kier molecular flexibility index (Phi) is 7.02. The molecule has 2 aromatic rings. The number of hydrogen-bond donors (Lipinski definition) is 1. The fourth-order valence-corrected chi connectivity index (χ4v) is 4.55. The number of nitrogens with zero attached hydrogens (tertiary/aromatic N) is 1. The second kappa shape index (κ2) is 9.51. The van der Waals surface area contributed by atoms with Crippen LogP contribution in [-0.2, 0) is 27.7 Å². The smallest absolute Gasteiger partial charge is 0.241 e. The van der Waals surface area contributed by atoms with Gasteiger partial charge in [0.1, 0.15) is 12.3 Å². The minimum Gasteiger partial charge on any atom is -0.494 e. The Morgan fingerprint density at radius 3 is 2.50 bits per heavy atom. The predicted molar refractivity (Wildman–Crippen MR) is 119 cm³/mol. The van der Waals surface area contributed by atoms with Gasteiger partial charge in [0.25, 0.3) is 0 Å². The van der Waals surface area contributed by atoms with Gasteiger partial charge in [0.2, 0.25) is 15.9 Å². The number of hydrogen-bond acceptors (Lipinski definition) is 4. The lowest BCUT2D eigenvalue weighted by Crippen LogP contribution is -2.41. The van der Waals surface area contributed by atoms with Gasteiger partial charge >= 0.3 is 0 Å². The fourth-order valence-electron chi connectivity index (χ4n) is 3.69. The van der Waals surface area contributed by atoms with Crippen LogP contribution in [0.1, 0.15) is 49.4 Å². The van der Waals surface area contributed by atoms with Gasteiger partial charge in [0, 0.05) is 0 Å². The zero-order chi connectivity index (χ0) is 21.7. The lowest BCUT2D eigenvalue weighted by molar-refractivity contribution is -0.120. The minimum atomic E-state index is -3.62. The standard InChI is InChI=1S/C23H30N2O4S/c1-4-14-29-22-12-10-21(11-13-22)25(30(3,27)28)16-23(26)24-17(2)19-9-8-18-6-5-7-20(18)15-19/h8-13,15,17H,4-7,14,16H2,1-3H3,(H,24,26)/t17-/m1/s1. The summed E-state index contributed by atoms with van der Waals surface area (Å²) < 4.78 is 31.3. The van der Waals surface area contributed by atoms with E-state index in [1.807, 2.05) is 19.9 Å². The van der Waals surface area contributed by atoms with Crippen molar-refractivity contribution in [3.05, 3.63) is 59.2 Å². The van der Waals surface area contributed by atoms with Gasteiger partial charge in [-0.2, -0.15) is 0 Å². The van der Waals surface area contributed by atoms with E-state index in [0.29, 0.717) is 18.0 Å². The number of nitrogens with one attached hydrogen (secondary N) is 1. The molecular formula is C23H30N2O4S. The van der Waals surface area contributed by atoms with Crippen LogP contribution in [0.4, 0.5) is 5.69 Å². The Balaban J connectivity index is 1.68. The molecule has 0 bridgehead atoms. The first-order chi connectivity index (χ1) is 14.3. The summed E-state index contributed by atoms with van der Waals surface area (Å²) in [6, 6.07) is 12.9. The number of ether oxygens (including phenoxy) is 1. The summed E-state index contributed by atoms with van der Waals surface area (Å²) in [5.41, 5.74) is 4.19. The van der Waals surface area contributed by atoms with Gasteiger partial charge in [0.15, 0.2) is 0 Å². The van der Waals surface area contributed by atoms with Crippen molar-refractivity contribution in [2.24, 2.45) is 0 Å². The van der Waals surface area contributed by atoms with Crippen LogP contribution >= 0.6 is 0 Å². The first-order valence-corrected chi connectivity index (χ1v) is 12.2. The molecule has 2 aromatic carbocycles. The van der Waals surface area contributed by atoms with E-state index < -0.39 is 10.0 Å². The zero-order valence-corrected chi connectivity index (χ0v) is 18.7. The van der Waals surface area contributed by atoms with Crippen molar-refractivity contribution >= 4 is 21.6 Å². The zero-order valence-electron chi connectivity index (χ0n) is 17.8. The number of aryl methyl sites for hydroxylation is 2. The average molecular weight is 431 g/mol. The molecule has 0 aliphatic heterocycles. The quantitative estimate of drug-likeness (QED) is 0.659. The molecule has 7 heteroatoms. The summed E-state index contributed by atoms with van der Waals surface area (Å²) in [7, 11) is -3.62. The van der Waals surface area contributed by atoms with Crippen LogP contribution in [-0.4, -0.2) is 33.7 Å². The predicted octanol–water partition coefficient (Wildman–Crippen LogP) is 3.61. The van der Waals surface area contributed by atoms with Crippen LogP contribution in [0.2, 0.25) is 0 Å². The summed E-state index contributed by atoms with van der Waals surface area (Å²) in [5.74, 6) is 0.323. The molecule has 0 heterocycles. The number of anilines is 1. The van der Waals surface area contributed by atoms with Gasteiger partial charge in [-0.1, -0.05) is 25.1 Å². The third-order valence-electron chi connectivity index (χ3n) is 5.29. The monoisotopic (exact) mass is 430 g/mol. The average Bonchev–Trinajstić information content (AvgIpc) is 3.18. The topological polar surface area (TPSA) is 75.7 Å². The highest BCUT2D eigenvalue weighted by atomic mass is 32.2. The molecular weight excluding hydrogens is 400 g/mol. The highest BCUT2D eigenvalue weighted by Gasteiger charge is 2.22. The van der Waals surface area contributed by atoms with Crippen LogP contribution in [0.25, 0.3) is 0 Å². The molecule has 0 saturated carbocycles. The molecule has 6 nitrogen and oxygen atoms in total. The minimum absolute atomic E-state index is 0.199. The van der Waals surface area contributed by atoms with Crippen molar-refractivity contribution in [3.8, 4) is 5.75 Å². The second-order valence-corrected chi connectivity index (χ2v) is 9.69. The summed E-state index contributed by atoms with van der Waals surface area (Å²) >= 11 is 0. The maximum Gasteiger partial charge on any atom is 0.241 e. The third-order valence-corrected chi connectivity index (χ3v) is 6.43. The van der Waals surface area contributed by atoms with Gasteiger partial charge in [-0.15, -0.1) is 0 Å². The molecule has 0 aromatic heterocycles. The second-order valence-electron chi connectivity index (χ2n) is 7.78. The Labute approximate surface area is 179 Å². The molecule has 30 heavy (non-hydrogen) atoms. The number of amides is 1. The maximum absolute atomic E-state index is 12.7. The highest BCUT2D eigenvalue weighted by Crippen LogP contribution is 2.26. The van der Waals surface area contributed by atoms with Crippen LogP contribution in [0.3, 0.4) is 0 Å². The molecule has 0 spiro atoms. The molecule has 3 rings (SSSR count). The van der Waals surface area contributed by atoms with E-state index in [1.54, 1.807) is 24.3 Å². The van der Waals surface area contributed by atoms with E-state index in [4.69, 9.17) is 4.74 Å². The molecule has 1 atom stereocenters. The van der Waals surface area contributed by atoms with Gasteiger partial charge in [-0.3, -0.25) is 9.10 Å². The van der Waals surface area contributed by atoms with E-state index in [2.05, 4.69) is 17.4 Å².